The van der Waals surface area contributed by atoms with E-state index in [1.165, 1.54) is 75.4 Å². The Balaban J connectivity index is 0. The molecule has 0 rings (SSSR count). The monoisotopic (exact) mass is 487 g/mol. The Bertz CT molecular complexity index is 611. The quantitative estimate of drug-likeness (QED) is 0.182. The minimum absolute atomic E-state index is 0. The summed E-state index contributed by atoms with van der Waals surface area (Å²) >= 11 is 0. The van der Waals surface area contributed by atoms with Crippen LogP contribution in [-0.2, 0) is 28.9 Å². The van der Waals surface area contributed by atoms with Crippen LogP contribution in [-0.4, -0.2) is 60.9 Å². The summed E-state index contributed by atoms with van der Waals surface area (Å²) in [5.74, 6) is -3.17. The zero-order valence-corrected chi connectivity index (χ0v) is 19.8. The Morgan fingerprint density at radius 1 is 0.688 bits per heavy atom. The summed E-state index contributed by atoms with van der Waals surface area (Å²) in [6.45, 7) is 2.24. The molecule has 0 saturated carbocycles. The summed E-state index contributed by atoms with van der Waals surface area (Å²) in [5.41, 5.74) is 0. The average molecular weight is 488 g/mol. The van der Waals surface area contributed by atoms with Crippen molar-refractivity contribution in [3.8, 4) is 0 Å². The van der Waals surface area contributed by atoms with Crippen molar-refractivity contribution in [3.63, 3.8) is 0 Å². The number of amides is 1. The minimum atomic E-state index is -4.54. The van der Waals surface area contributed by atoms with Crippen molar-refractivity contribution in [2.24, 2.45) is 0 Å². The number of carboxylic acids is 1. The average Bonchev–Trinajstić information content (AvgIpc) is 2.68. The SMILES string of the molecule is CCCCCCCCCCCCCCCCCC(=O)OS(=O)(=O)NC(=O)CCC(=O)O.[NaH]. The molecule has 0 bridgehead atoms. The van der Waals surface area contributed by atoms with Crippen molar-refractivity contribution in [2.75, 3.05) is 0 Å². The second-order valence-corrected chi connectivity index (χ2v) is 9.31. The van der Waals surface area contributed by atoms with E-state index in [0.717, 1.165) is 19.3 Å². The number of hydrogen-bond donors (Lipinski definition) is 2. The third kappa shape index (κ3) is 24.0. The normalized spacial score (nSPS) is 10.9. The van der Waals surface area contributed by atoms with Gasteiger partial charge in [0.2, 0.25) is 5.91 Å². The molecular formula is C22H42NNaO7S. The number of nitrogens with one attached hydrogen (secondary N) is 1. The van der Waals surface area contributed by atoms with Crippen LogP contribution < -0.4 is 4.72 Å². The van der Waals surface area contributed by atoms with Crippen molar-refractivity contribution in [3.05, 3.63) is 0 Å². The van der Waals surface area contributed by atoms with Gasteiger partial charge in [-0.2, -0.15) is 8.42 Å². The molecule has 0 heterocycles. The molecule has 0 radical (unpaired) electrons. The number of carboxylic acid groups (broad SMARTS) is 1. The van der Waals surface area contributed by atoms with Gasteiger partial charge < -0.3 is 9.29 Å². The standard InChI is InChI=1S/C22H41NO7S.Na.H/c1-2-3-4-5-6-7-8-9-10-11-12-13-14-15-16-17-22(27)30-31(28,29)23-20(24)18-19-21(25)26;;/h2-19H2,1H3,(H,23,24)(H,25,26);;. The van der Waals surface area contributed by atoms with Crippen molar-refractivity contribution < 1.29 is 32.1 Å². The van der Waals surface area contributed by atoms with Gasteiger partial charge >= 0.3 is 51.8 Å². The number of carbonyl (C=O) groups excluding carboxylic acids is 2. The molecule has 0 aliphatic heterocycles. The van der Waals surface area contributed by atoms with Gasteiger partial charge in [-0.05, 0) is 6.42 Å². The number of hydrogen-bond acceptors (Lipinski definition) is 6. The molecule has 0 aromatic carbocycles. The Kier molecular flexibility index (Phi) is 23.2. The van der Waals surface area contributed by atoms with Crippen LogP contribution in [0.3, 0.4) is 0 Å². The summed E-state index contributed by atoms with van der Waals surface area (Å²) in [4.78, 5) is 33.3. The van der Waals surface area contributed by atoms with Gasteiger partial charge in [-0.3, -0.25) is 14.4 Å². The molecule has 1 amide bonds. The van der Waals surface area contributed by atoms with Gasteiger partial charge in [0.25, 0.3) is 0 Å². The van der Waals surface area contributed by atoms with Gasteiger partial charge in [-0.1, -0.05) is 96.8 Å². The second kappa shape index (κ2) is 22.2. The first-order valence-electron chi connectivity index (χ1n) is 11.8. The van der Waals surface area contributed by atoms with Crippen molar-refractivity contribution in [2.45, 2.75) is 122 Å². The Labute approximate surface area is 216 Å². The van der Waals surface area contributed by atoms with Gasteiger partial charge in [-0.25, -0.2) is 4.72 Å². The van der Waals surface area contributed by atoms with E-state index in [2.05, 4.69) is 11.1 Å². The summed E-state index contributed by atoms with van der Waals surface area (Å²) < 4.78 is 28.9. The molecule has 8 nitrogen and oxygen atoms in total. The molecule has 32 heavy (non-hydrogen) atoms. The molecule has 0 aliphatic carbocycles. The van der Waals surface area contributed by atoms with Gasteiger partial charge in [0.15, 0.2) is 0 Å². The molecule has 0 aliphatic rings. The van der Waals surface area contributed by atoms with Crippen LogP contribution >= 0.6 is 0 Å². The van der Waals surface area contributed by atoms with Crippen LogP contribution in [0, 0.1) is 0 Å². The second-order valence-electron chi connectivity index (χ2n) is 8.03. The Hall–Kier alpha value is -0.640. The predicted octanol–water partition coefficient (Wildman–Crippen LogP) is 4.37. The van der Waals surface area contributed by atoms with E-state index in [0.29, 0.717) is 6.42 Å². The van der Waals surface area contributed by atoms with Gasteiger partial charge in [-0.15, -0.1) is 0 Å². The van der Waals surface area contributed by atoms with E-state index in [9.17, 15) is 22.8 Å². The molecule has 0 spiro atoms. The molecule has 0 unspecified atom stereocenters. The Morgan fingerprint density at radius 2 is 1.09 bits per heavy atom. The van der Waals surface area contributed by atoms with E-state index >= 15 is 0 Å². The summed E-state index contributed by atoms with van der Waals surface area (Å²) in [5, 5.41) is 8.45. The van der Waals surface area contributed by atoms with Crippen LogP contribution in [0.5, 0.6) is 0 Å². The molecular weight excluding hydrogens is 445 g/mol. The van der Waals surface area contributed by atoms with Gasteiger partial charge in [0, 0.05) is 12.8 Å². The van der Waals surface area contributed by atoms with Crippen molar-refractivity contribution in [1.29, 1.82) is 0 Å². The molecule has 10 heteroatoms. The number of aliphatic carboxylic acids is 1. The maximum atomic E-state index is 11.6. The maximum absolute atomic E-state index is 11.6. The Morgan fingerprint density at radius 3 is 1.50 bits per heavy atom. The van der Waals surface area contributed by atoms with Crippen LogP contribution in [0.4, 0.5) is 0 Å². The van der Waals surface area contributed by atoms with E-state index in [1.54, 1.807) is 0 Å². The van der Waals surface area contributed by atoms with Gasteiger partial charge in [0.05, 0.1) is 6.42 Å². The molecule has 184 valence electrons. The summed E-state index contributed by atoms with van der Waals surface area (Å²) in [6.07, 6.45) is 16.8. The topological polar surface area (TPSA) is 127 Å². The first-order valence-corrected chi connectivity index (χ1v) is 13.2. The first kappa shape index (κ1) is 33.5. The summed E-state index contributed by atoms with van der Waals surface area (Å²) in [7, 11) is -4.54. The molecule has 0 aromatic rings. The van der Waals surface area contributed by atoms with Crippen LogP contribution in [0.2, 0.25) is 0 Å². The van der Waals surface area contributed by atoms with Crippen molar-refractivity contribution >= 4 is 57.7 Å². The van der Waals surface area contributed by atoms with Crippen molar-refractivity contribution in [1.82, 2.24) is 4.72 Å². The molecule has 0 saturated heterocycles. The fourth-order valence-corrected chi connectivity index (χ4v) is 3.99. The first-order chi connectivity index (χ1) is 14.8. The van der Waals surface area contributed by atoms with E-state index < -0.39 is 41.0 Å². The van der Waals surface area contributed by atoms with E-state index in [1.807, 2.05) is 0 Å². The summed E-state index contributed by atoms with van der Waals surface area (Å²) in [6, 6.07) is 0. The fourth-order valence-electron chi connectivity index (χ4n) is 3.24. The number of rotatable bonds is 21. The zero-order chi connectivity index (χ0) is 23.4. The molecule has 0 atom stereocenters. The van der Waals surface area contributed by atoms with Crippen LogP contribution in [0.25, 0.3) is 0 Å². The van der Waals surface area contributed by atoms with Gasteiger partial charge in [0.1, 0.15) is 0 Å². The zero-order valence-electron chi connectivity index (χ0n) is 19.0. The molecule has 2 N–H and O–H groups in total. The van der Waals surface area contributed by atoms with Crippen LogP contribution in [0.15, 0.2) is 0 Å². The third-order valence-electron chi connectivity index (χ3n) is 4.99. The third-order valence-corrected chi connectivity index (χ3v) is 5.87. The van der Waals surface area contributed by atoms with Crippen LogP contribution in [0.1, 0.15) is 122 Å². The van der Waals surface area contributed by atoms with E-state index in [4.69, 9.17) is 5.11 Å². The molecule has 0 aromatic heterocycles. The number of carbonyl (C=O) groups is 3. The molecule has 0 fully saturated rings. The fraction of sp³-hybridized carbons (Fsp3) is 0.864. The van der Waals surface area contributed by atoms with E-state index in [-0.39, 0.29) is 36.0 Å². The predicted molar refractivity (Wildman–Crippen MR) is 127 cm³/mol. The number of unbranched alkanes of at least 4 members (excludes halogenated alkanes) is 14.